The van der Waals surface area contributed by atoms with Crippen LogP contribution in [-0.2, 0) is 16.5 Å². The van der Waals surface area contributed by atoms with E-state index in [0.29, 0.717) is 0 Å². The number of morpholine rings is 1. The molecule has 0 saturated carbocycles. The Kier molecular flexibility index (Phi) is 11.2. The molecule has 0 bridgehead atoms. The third-order valence-electron chi connectivity index (χ3n) is 3.63. The summed E-state index contributed by atoms with van der Waals surface area (Å²) in [5.74, 6) is 0.846. The molecular formula is C17H31N2O2PS2. The molecule has 4 nitrogen and oxygen atoms in total. The molecule has 1 fully saturated rings. The highest BCUT2D eigenvalue weighted by molar-refractivity contribution is 8.65. The first-order valence-electron chi connectivity index (χ1n) is 8.57. The van der Waals surface area contributed by atoms with Gasteiger partial charge in [0.2, 0.25) is 0 Å². The number of rotatable bonds is 7. The van der Waals surface area contributed by atoms with Gasteiger partial charge in [-0.3, -0.25) is 4.67 Å². The van der Waals surface area contributed by atoms with E-state index >= 15 is 0 Å². The first kappa shape index (κ1) is 21.9. The molecule has 0 aliphatic carbocycles. The lowest BCUT2D eigenvalue weighted by molar-refractivity contribution is 0.0758. The van der Waals surface area contributed by atoms with E-state index in [2.05, 4.69) is 23.8 Å². The summed E-state index contributed by atoms with van der Waals surface area (Å²) in [6.07, 6.45) is 2.50. The average Bonchev–Trinajstić information content (AvgIpc) is 2.63. The van der Waals surface area contributed by atoms with Gasteiger partial charge in [0.15, 0.2) is 0 Å². The second-order valence-electron chi connectivity index (χ2n) is 5.56. The van der Waals surface area contributed by atoms with Gasteiger partial charge in [-0.05, 0) is 50.2 Å². The van der Waals surface area contributed by atoms with Gasteiger partial charge in [-0.15, -0.1) is 12.2 Å². The van der Waals surface area contributed by atoms with Crippen LogP contribution in [0.5, 0.6) is 5.75 Å². The van der Waals surface area contributed by atoms with Crippen molar-refractivity contribution < 1.29 is 9.47 Å². The number of ether oxygens (including phenoxy) is 2. The van der Waals surface area contributed by atoms with Gasteiger partial charge >= 0.3 is 0 Å². The molecule has 0 spiro atoms. The van der Waals surface area contributed by atoms with Gasteiger partial charge in [-0.2, -0.15) is 0 Å². The molecule has 1 aliphatic heterocycles. The minimum absolute atomic E-state index is 0.745. The van der Waals surface area contributed by atoms with Crippen LogP contribution in [0.15, 0.2) is 24.3 Å². The molecule has 7 heteroatoms. The van der Waals surface area contributed by atoms with Gasteiger partial charge in [0.1, 0.15) is 5.75 Å². The molecule has 1 heterocycles. The summed E-state index contributed by atoms with van der Waals surface area (Å²) in [7, 11) is 1.66. The molecule has 0 amide bonds. The minimum atomic E-state index is -1.93. The first-order chi connectivity index (χ1) is 11.6. The van der Waals surface area contributed by atoms with E-state index in [9.17, 15) is 0 Å². The quantitative estimate of drug-likeness (QED) is 0.424. The van der Waals surface area contributed by atoms with Gasteiger partial charge in [-0.1, -0.05) is 25.7 Å². The lowest BCUT2D eigenvalue weighted by Crippen LogP contribution is -2.35. The highest BCUT2D eigenvalue weighted by Crippen LogP contribution is 2.53. The number of nitrogens with one attached hydrogen (secondary N) is 1. The standard InChI is InChI=1S/C11H16NO2PS2.C6H15N/c1-13-10-2-4-11(5-3-10)15(16,17)12-6-8-14-9-7-12;1-3-5-7-6-4-2/h2-5H,6-9H2,1H3,(H,16,17);7H,3-6H2,1-2H3. The molecule has 1 unspecified atom stereocenters. The second-order valence-corrected chi connectivity index (χ2v) is 11.9. The fraction of sp³-hybridized carbons (Fsp3) is 0.647. The van der Waals surface area contributed by atoms with E-state index in [4.69, 9.17) is 33.5 Å². The molecule has 2 rings (SSSR count). The highest BCUT2D eigenvalue weighted by Gasteiger charge is 2.25. The van der Waals surface area contributed by atoms with Crippen molar-refractivity contribution in [1.29, 1.82) is 0 Å². The Balaban J connectivity index is 0.000000351. The van der Waals surface area contributed by atoms with Gasteiger partial charge in [-0.25, -0.2) is 0 Å². The zero-order chi connectivity index (χ0) is 17.8. The van der Waals surface area contributed by atoms with Crippen molar-refractivity contribution in [2.45, 2.75) is 26.7 Å². The smallest absolute Gasteiger partial charge is 0.118 e. The highest BCUT2D eigenvalue weighted by atomic mass is 32.9. The predicted octanol–water partition coefficient (Wildman–Crippen LogP) is 3.29. The monoisotopic (exact) mass is 390 g/mol. The predicted molar refractivity (Wildman–Crippen MR) is 112 cm³/mol. The Labute approximate surface area is 157 Å². The Morgan fingerprint density at radius 2 is 1.71 bits per heavy atom. The maximum Gasteiger partial charge on any atom is 0.118 e. The molecule has 1 N–H and O–H groups in total. The lowest BCUT2D eigenvalue weighted by atomic mass is 10.3. The van der Waals surface area contributed by atoms with Crippen LogP contribution in [0.25, 0.3) is 0 Å². The number of hydrogen-bond donors (Lipinski definition) is 2. The molecular weight excluding hydrogens is 359 g/mol. The maximum absolute atomic E-state index is 5.71. The number of nitrogens with zero attached hydrogens (tertiary/aromatic N) is 1. The van der Waals surface area contributed by atoms with E-state index in [0.717, 1.165) is 37.4 Å². The molecule has 1 atom stereocenters. The van der Waals surface area contributed by atoms with Crippen LogP contribution in [0.4, 0.5) is 0 Å². The Morgan fingerprint density at radius 1 is 1.17 bits per heavy atom. The third-order valence-corrected chi connectivity index (χ3v) is 8.55. The maximum atomic E-state index is 5.71. The number of methoxy groups -OCH3 is 1. The van der Waals surface area contributed by atoms with Gasteiger partial charge in [0.25, 0.3) is 0 Å². The largest absolute Gasteiger partial charge is 0.497 e. The molecule has 1 aliphatic rings. The summed E-state index contributed by atoms with van der Waals surface area (Å²) >= 11 is 10.5. The molecule has 1 aromatic rings. The summed E-state index contributed by atoms with van der Waals surface area (Å²) in [4.78, 5) is 0. The first-order valence-corrected chi connectivity index (χ1v) is 12.5. The van der Waals surface area contributed by atoms with Crippen LogP contribution in [-0.4, -0.2) is 51.2 Å². The van der Waals surface area contributed by atoms with Crippen LogP contribution in [0, 0.1) is 0 Å². The molecule has 0 radical (unpaired) electrons. The summed E-state index contributed by atoms with van der Waals surface area (Å²) in [5.41, 5.74) is 0. The van der Waals surface area contributed by atoms with Crippen LogP contribution in [0.1, 0.15) is 26.7 Å². The average molecular weight is 391 g/mol. The SMILES string of the molecule is CCCNCCC.COc1ccc(P(=S)(S)N2CCOCC2)cc1. The van der Waals surface area contributed by atoms with E-state index in [-0.39, 0.29) is 0 Å². The van der Waals surface area contributed by atoms with Crippen molar-refractivity contribution in [3.8, 4) is 5.75 Å². The van der Waals surface area contributed by atoms with Gasteiger partial charge < -0.3 is 14.8 Å². The fourth-order valence-electron chi connectivity index (χ4n) is 2.24. The zero-order valence-electron chi connectivity index (χ0n) is 15.0. The molecule has 0 aromatic heterocycles. The topological polar surface area (TPSA) is 33.7 Å². The van der Waals surface area contributed by atoms with Crippen molar-refractivity contribution in [2.75, 3.05) is 46.5 Å². The summed E-state index contributed by atoms with van der Waals surface area (Å²) in [6.45, 7) is 9.94. The number of hydrogen-bond acceptors (Lipinski definition) is 4. The zero-order valence-corrected chi connectivity index (χ0v) is 17.6. The number of benzene rings is 1. The molecule has 1 aromatic carbocycles. The van der Waals surface area contributed by atoms with Crippen molar-refractivity contribution in [3.63, 3.8) is 0 Å². The van der Waals surface area contributed by atoms with E-state index < -0.39 is 5.39 Å². The number of thiol groups is 1. The van der Waals surface area contributed by atoms with Crippen LogP contribution in [0.2, 0.25) is 0 Å². The Morgan fingerprint density at radius 3 is 2.17 bits per heavy atom. The van der Waals surface area contributed by atoms with Crippen LogP contribution < -0.4 is 15.4 Å². The van der Waals surface area contributed by atoms with E-state index in [1.165, 1.54) is 25.9 Å². The van der Waals surface area contributed by atoms with E-state index in [1.54, 1.807) is 7.11 Å². The van der Waals surface area contributed by atoms with Crippen LogP contribution in [0.3, 0.4) is 0 Å². The van der Waals surface area contributed by atoms with E-state index in [1.807, 2.05) is 24.3 Å². The van der Waals surface area contributed by atoms with Crippen molar-refractivity contribution in [3.05, 3.63) is 24.3 Å². The Hall–Kier alpha value is -0.100. The van der Waals surface area contributed by atoms with Crippen LogP contribution >= 0.6 is 17.6 Å². The van der Waals surface area contributed by atoms with Crippen molar-refractivity contribution >= 4 is 34.8 Å². The lowest BCUT2D eigenvalue weighted by Gasteiger charge is -2.34. The molecule has 1 saturated heterocycles. The summed E-state index contributed by atoms with van der Waals surface area (Å²) < 4.78 is 12.8. The minimum Gasteiger partial charge on any atom is -0.497 e. The van der Waals surface area contributed by atoms with Crippen molar-refractivity contribution in [1.82, 2.24) is 9.99 Å². The third kappa shape index (κ3) is 7.42. The van der Waals surface area contributed by atoms with Crippen molar-refractivity contribution in [2.24, 2.45) is 0 Å². The summed E-state index contributed by atoms with van der Waals surface area (Å²) in [6, 6.07) is 7.91. The normalized spacial score (nSPS) is 17.5. The summed E-state index contributed by atoms with van der Waals surface area (Å²) in [5, 5.41) is 2.47. The second kappa shape index (κ2) is 12.3. The molecule has 138 valence electrons. The van der Waals surface area contributed by atoms with Gasteiger partial charge in [0.05, 0.1) is 25.7 Å². The molecule has 24 heavy (non-hydrogen) atoms. The fourth-order valence-corrected chi connectivity index (χ4v) is 5.60. The Bertz CT molecular complexity index is 490. The van der Waals surface area contributed by atoms with Gasteiger partial charge in [0, 0.05) is 18.4 Å².